The number of rotatable bonds is 6. The third-order valence-corrected chi connectivity index (χ3v) is 5.02. The second-order valence-corrected chi connectivity index (χ2v) is 6.92. The van der Waals surface area contributed by atoms with Gasteiger partial charge >= 0.3 is 0 Å². The van der Waals surface area contributed by atoms with Crippen molar-refractivity contribution in [1.29, 1.82) is 0 Å². The van der Waals surface area contributed by atoms with Crippen molar-refractivity contribution in [1.82, 2.24) is 19.8 Å². The Morgan fingerprint density at radius 2 is 1.70 bits per heavy atom. The minimum absolute atomic E-state index is 0.00765. The number of carbonyl (C=O) groups is 1. The van der Waals surface area contributed by atoms with Crippen molar-refractivity contribution >= 4 is 11.9 Å². The van der Waals surface area contributed by atoms with Crippen LogP contribution >= 0.6 is 0 Å². The van der Waals surface area contributed by atoms with Crippen LogP contribution in [0.5, 0.6) is 0 Å². The first kappa shape index (κ1) is 19.3. The lowest BCUT2D eigenvalue weighted by Gasteiger charge is -2.34. The smallest absolute Gasteiger partial charge is 0.272 e. The van der Waals surface area contributed by atoms with Crippen LogP contribution in [-0.2, 0) is 6.54 Å². The van der Waals surface area contributed by atoms with Crippen molar-refractivity contribution in [2.24, 2.45) is 0 Å². The van der Waals surface area contributed by atoms with E-state index >= 15 is 0 Å². The monoisotopic (exact) mass is 367 g/mol. The van der Waals surface area contributed by atoms with Gasteiger partial charge in [0.05, 0.1) is 0 Å². The summed E-state index contributed by atoms with van der Waals surface area (Å²) in [6.45, 7) is 11.9. The number of benzene rings is 1. The molecule has 1 aliphatic heterocycles. The van der Waals surface area contributed by atoms with E-state index in [-0.39, 0.29) is 5.91 Å². The van der Waals surface area contributed by atoms with Crippen molar-refractivity contribution in [3.05, 3.63) is 53.3 Å². The first-order valence-electron chi connectivity index (χ1n) is 9.77. The van der Waals surface area contributed by atoms with Crippen LogP contribution in [0.1, 0.15) is 35.6 Å². The molecular formula is C21H29N5O. The van der Waals surface area contributed by atoms with Gasteiger partial charge in [-0.1, -0.05) is 30.3 Å². The predicted molar refractivity (Wildman–Crippen MR) is 108 cm³/mol. The summed E-state index contributed by atoms with van der Waals surface area (Å²) in [5.41, 5.74) is 2.64. The summed E-state index contributed by atoms with van der Waals surface area (Å²) in [7, 11) is 0. The molecule has 2 aromatic rings. The van der Waals surface area contributed by atoms with Crippen LogP contribution in [0.4, 0.5) is 5.95 Å². The number of carbonyl (C=O) groups excluding carboxylic acids is 1. The Balaban J connectivity index is 1.64. The molecule has 1 fully saturated rings. The molecule has 1 aromatic carbocycles. The highest BCUT2D eigenvalue weighted by Gasteiger charge is 2.24. The molecule has 1 saturated heterocycles. The topological polar surface area (TPSA) is 52.6 Å². The van der Waals surface area contributed by atoms with Gasteiger partial charge in [0, 0.05) is 51.5 Å². The maximum Gasteiger partial charge on any atom is 0.272 e. The molecule has 6 heteroatoms. The summed E-state index contributed by atoms with van der Waals surface area (Å²) in [6.07, 6.45) is 0. The van der Waals surface area contributed by atoms with E-state index in [9.17, 15) is 4.79 Å². The summed E-state index contributed by atoms with van der Waals surface area (Å²) in [5.74, 6) is 0.652. The number of hydrogen-bond donors (Lipinski definition) is 0. The number of hydrogen-bond acceptors (Lipinski definition) is 5. The summed E-state index contributed by atoms with van der Waals surface area (Å²) < 4.78 is 0. The van der Waals surface area contributed by atoms with Crippen molar-refractivity contribution in [3.8, 4) is 0 Å². The van der Waals surface area contributed by atoms with Gasteiger partial charge in [-0.15, -0.1) is 0 Å². The van der Waals surface area contributed by atoms with Gasteiger partial charge in [0.25, 0.3) is 5.91 Å². The zero-order valence-corrected chi connectivity index (χ0v) is 16.6. The normalized spacial score (nSPS) is 15.0. The first-order valence-corrected chi connectivity index (χ1v) is 9.77. The minimum Gasteiger partial charge on any atom is -0.341 e. The fraction of sp³-hybridized carbons (Fsp3) is 0.476. The van der Waals surface area contributed by atoms with Crippen LogP contribution in [0.15, 0.2) is 36.4 Å². The number of aryl methyl sites for hydroxylation is 1. The molecule has 0 radical (unpaired) electrons. The van der Waals surface area contributed by atoms with Gasteiger partial charge in [-0.3, -0.25) is 9.69 Å². The van der Waals surface area contributed by atoms with Gasteiger partial charge in [-0.25, -0.2) is 9.97 Å². The van der Waals surface area contributed by atoms with E-state index in [4.69, 9.17) is 0 Å². The van der Waals surface area contributed by atoms with Gasteiger partial charge in [0.1, 0.15) is 5.69 Å². The third-order valence-electron chi connectivity index (χ3n) is 5.02. The molecule has 0 bridgehead atoms. The van der Waals surface area contributed by atoms with E-state index in [1.165, 1.54) is 5.56 Å². The van der Waals surface area contributed by atoms with Gasteiger partial charge < -0.3 is 9.80 Å². The van der Waals surface area contributed by atoms with Crippen LogP contribution in [0, 0.1) is 6.92 Å². The highest BCUT2D eigenvalue weighted by Crippen LogP contribution is 2.14. The van der Waals surface area contributed by atoms with Crippen LogP contribution in [-0.4, -0.2) is 64.9 Å². The van der Waals surface area contributed by atoms with E-state index in [1.54, 1.807) is 6.07 Å². The van der Waals surface area contributed by atoms with E-state index in [0.29, 0.717) is 11.6 Å². The molecule has 0 atom stereocenters. The Bertz CT molecular complexity index is 752. The van der Waals surface area contributed by atoms with E-state index in [0.717, 1.165) is 51.5 Å². The molecular weight excluding hydrogens is 338 g/mol. The van der Waals surface area contributed by atoms with E-state index in [1.807, 2.05) is 17.9 Å². The molecule has 0 aliphatic carbocycles. The Labute approximate surface area is 161 Å². The third kappa shape index (κ3) is 4.83. The molecule has 0 unspecified atom stereocenters. The second-order valence-electron chi connectivity index (χ2n) is 6.92. The second kappa shape index (κ2) is 8.95. The fourth-order valence-corrected chi connectivity index (χ4v) is 3.42. The van der Waals surface area contributed by atoms with Crippen LogP contribution in [0.25, 0.3) is 0 Å². The molecule has 0 saturated carbocycles. The summed E-state index contributed by atoms with van der Waals surface area (Å²) in [4.78, 5) is 28.4. The zero-order valence-electron chi connectivity index (χ0n) is 16.6. The fourth-order valence-electron chi connectivity index (χ4n) is 3.42. The number of piperazine rings is 1. The van der Waals surface area contributed by atoms with Gasteiger partial charge in [-0.2, -0.15) is 0 Å². The number of anilines is 1. The summed E-state index contributed by atoms with van der Waals surface area (Å²) >= 11 is 0. The first-order chi connectivity index (χ1) is 13.1. The maximum absolute atomic E-state index is 13.0. The molecule has 0 N–H and O–H groups in total. The number of aromatic nitrogens is 2. The Kier molecular flexibility index (Phi) is 6.40. The molecule has 0 spiro atoms. The lowest BCUT2D eigenvalue weighted by Crippen LogP contribution is -2.48. The van der Waals surface area contributed by atoms with Crippen molar-refractivity contribution in [2.75, 3.05) is 44.2 Å². The predicted octanol–water partition coefficient (Wildman–Crippen LogP) is 2.59. The lowest BCUT2D eigenvalue weighted by molar-refractivity contribution is 0.0622. The molecule has 1 amide bonds. The minimum atomic E-state index is 0.00765. The molecule has 27 heavy (non-hydrogen) atoms. The largest absolute Gasteiger partial charge is 0.341 e. The zero-order chi connectivity index (χ0) is 19.2. The Hall–Kier alpha value is -2.47. The van der Waals surface area contributed by atoms with Crippen molar-refractivity contribution in [2.45, 2.75) is 27.3 Å². The highest BCUT2D eigenvalue weighted by molar-refractivity contribution is 5.92. The van der Waals surface area contributed by atoms with Gasteiger partial charge in [-0.05, 0) is 32.4 Å². The summed E-state index contributed by atoms with van der Waals surface area (Å²) in [5, 5.41) is 0. The van der Waals surface area contributed by atoms with Gasteiger partial charge in [0.2, 0.25) is 5.95 Å². The molecule has 6 nitrogen and oxygen atoms in total. The average molecular weight is 367 g/mol. The number of nitrogens with zero attached hydrogens (tertiary/aromatic N) is 5. The van der Waals surface area contributed by atoms with Crippen LogP contribution in [0.2, 0.25) is 0 Å². The quantitative estimate of drug-likeness (QED) is 0.785. The Morgan fingerprint density at radius 3 is 2.33 bits per heavy atom. The highest BCUT2D eigenvalue weighted by atomic mass is 16.2. The lowest BCUT2D eigenvalue weighted by atomic mass is 10.2. The van der Waals surface area contributed by atoms with Gasteiger partial charge in [0.15, 0.2) is 0 Å². The Morgan fingerprint density at radius 1 is 1.04 bits per heavy atom. The molecule has 1 aliphatic rings. The van der Waals surface area contributed by atoms with Crippen LogP contribution < -0.4 is 4.90 Å². The average Bonchev–Trinajstić information content (AvgIpc) is 2.69. The van der Waals surface area contributed by atoms with Crippen molar-refractivity contribution in [3.63, 3.8) is 0 Å². The van der Waals surface area contributed by atoms with Crippen molar-refractivity contribution < 1.29 is 4.79 Å². The summed E-state index contributed by atoms with van der Waals surface area (Å²) in [6, 6.07) is 12.3. The molecule has 144 valence electrons. The SMILES string of the molecule is CCN(CC)c1nc(C)cc(C(=O)N2CCN(Cc3ccccc3)CC2)n1. The van der Waals surface area contributed by atoms with Crippen LogP contribution in [0.3, 0.4) is 0 Å². The number of amides is 1. The maximum atomic E-state index is 13.0. The van der Waals surface area contributed by atoms with E-state index in [2.05, 4.69) is 57.9 Å². The standard InChI is InChI=1S/C21H29N5O/c1-4-25(5-2)21-22-17(3)15-19(23-21)20(27)26-13-11-24(12-14-26)16-18-9-7-6-8-10-18/h6-10,15H,4-5,11-14,16H2,1-3H3. The van der Waals surface area contributed by atoms with E-state index < -0.39 is 0 Å². The molecule has 1 aromatic heterocycles. The molecule has 3 rings (SSSR count). The molecule has 2 heterocycles.